The predicted molar refractivity (Wildman–Crippen MR) is 70.6 cm³/mol. The molecule has 0 bridgehead atoms. The van der Waals surface area contributed by atoms with Crippen molar-refractivity contribution in [1.82, 2.24) is 9.91 Å². The summed E-state index contributed by atoms with van der Waals surface area (Å²) in [7, 11) is 0. The van der Waals surface area contributed by atoms with Crippen molar-refractivity contribution < 1.29 is 0 Å². The molecule has 0 unspecified atom stereocenters. The smallest absolute Gasteiger partial charge is 0.192 e. The fraction of sp³-hybridized carbons (Fsp3) is 0.333. The van der Waals surface area contributed by atoms with Gasteiger partial charge in [-0.15, -0.1) is 0 Å². The van der Waals surface area contributed by atoms with Crippen molar-refractivity contribution in [1.29, 1.82) is 0 Å². The van der Waals surface area contributed by atoms with E-state index in [-0.39, 0.29) is 0 Å². The zero-order valence-corrected chi connectivity index (χ0v) is 10.2. The Morgan fingerprint density at radius 2 is 2.06 bits per heavy atom. The number of likely N-dealkylation sites (N-methyl/N-ethyl adjacent to an activating group) is 1. The molecule has 1 aliphatic heterocycles. The van der Waals surface area contributed by atoms with E-state index in [1.807, 2.05) is 41.6 Å². The molecule has 0 atom stereocenters. The molecule has 0 saturated carbocycles. The van der Waals surface area contributed by atoms with Crippen molar-refractivity contribution in [3.8, 4) is 0 Å². The highest BCUT2D eigenvalue weighted by atomic mass is 32.1. The minimum absolute atomic E-state index is 0.828. The highest BCUT2D eigenvalue weighted by molar-refractivity contribution is 7.80. The summed E-state index contributed by atoms with van der Waals surface area (Å²) in [4.78, 5) is 2.15. The molecule has 0 aliphatic carbocycles. The number of hydrogen-bond acceptors (Lipinski definition) is 2. The molecule has 2 rings (SSSR count). The Hall–Kier alpha value is -1.42. The molecule has 4 heteroatoms. The van der Waals surface area contributed by atoms with E-state index in [1.54, 1.807) is 0 Å². The summed E-state index contributed by atoms with van der Waals surface area (Å²) < 4.78 is 0. The Bertz CT molecular complexity index is 389. The highest BCUT2D eigenvalue weighted by Crippen LogP contribution is 2.08. The van der Waals surface area contributed by atoms with Crippen LogP contribution in [-0.4, -0.2) is 40.9 Å². The lowest BCUT2D eigenvalue weighted by Crippen LogP contribution is -2.28. The molecule has 84 valence electrons. The summed E-state index contributed by atoms with van der Waals surface area (Å²) in [6, 6.07) is 10.1. The molecule has 1 fully saturated rings. The second-order valence-corrected chi connectivity index (χ2v) is 4.01. The van der Waals surface area contributed by atoms with Crippen molar-refractivity contribution >= 4 is 23.5 Å². The molecular weight excluding hydrogens is 218 g/mol. The summed E-state index contributed by atoms with van der Waals surface area (Å²) in [6.07, 6.45) is 1.85. The Morgan fingerprint density at radius 3 is 2.69 bits per heavy atom. The molecule has 3 nitrogen and oxygen atoms in total. The third-order valence-electron chi connectivity index (χ3n) is 2.60. The number of benzene rings is 1. The normalized spacial score (nSPS) is 16.4. The number of thiocarbonyl (C=S) groups is 1. The van der Waals surface area contributed by atoms with Crippen LogP contribution in [0.3, 0.4) is 0 Å². The number of hydrogen-bond donors (Lipinski definition) is 0. The predicted octanol–water partition coefficient (Wildman–Crippen LogP) is 1.94. The lowest BCUT2D eigenvalue weighted by atomic mass is 10.2. The average molecular weight is 233 g/mol. The minimum Gasteiger partial charge on any atom is -0.346 e. The van der Waals surface area contributed by atoms with Crippen LogP contribution in [0.15, 0.2) is 35.4 Å². The van der Waals surface area contributed by atoms with E-state index in [0.717, 1.165) is 30.3 Å². The molecule has 16 heavy (non-hydrogen) atoms. The van der Waals surface area contributed by atoms with Gasteiger partial charge in [-0.1, -0.05) is 30.3 Å². The average Bonchev–Trinajstić information content (AvgIpc) is 2.69. The van der Waals surface area contributed by atoms with Gasteiger partial charge in [-0.2, -0.15) is 5.10 Å². The molecule has 0 radical (unpaired) electrons. The van der Waals surface area contributed by atoms with Gasteiger partial charge >= 0.3 is 0 Å². The van der Waals surface area contributed by atoms with Crippen molar-refractivity contribution in [2.24, 2.45) is 5.10 Å². The maximum Gasteiger partial charge on any atom is 0.192 e. The van der Waals surface area contributed by atoms with Crippen LogP contribution in [0.2, 0.25) is 0 Å². The monoisotopic (exact) mass is 233 g/mol. The quantitative estimate of drug-likeness (QED) is 0.587. The van der Waals surface area contributed by atoms with E-state index in [4.69, 9.17) is 12.2 Å². The van der Waals surface area contributed by atoms with Crippen LogP contribution in [0.25, 0.3) is 0 Å². The summed E-state index contributed by atoms with van der Waals surface area (Å²) in [5.74, 6) is 0. The Morgan fingerprint density at radius 1 is 1.31 bits per heavy atom. The van der Waals surface area contributed by atoms with E-state index < -0.39 is 0 Å². The largest absolute Gasteiger partial charge is 0.346 e. The van der Waals surface area contributed by atoms with Gasteiger partial charge in [-0.3, -0.25) is 0 Å². The molecule has 0 amide bonds. The van der Waals surface area contributed by atoms with Crippen LogP contribution in [0.5, 0.6) is 0 Å². The van der Waals surface area contributed by atoms with Gasteiger partial charge in [0.2, 0.25) is 0 Å². The molecular formula is C12H15N3S. The first kappa shape index (κ1) is 11.1. The van der Waals surface area contributed by atoms with Gasteiger partial charge in [0.05, 0.1) is 12.8 Å². The summed E-state index contributed by atoms with van der Waals surface area (Å²) >= 11 is 5.31. The first-order valence-electron chi connectivity index (χ1n) is 5.46. The zero-order valence-electron chi connectivity index (χ0n) is 9.34. The second kappa shape index (κ2) is 5.07. The number of hydrazone groups is 1. The Kier molecular flexibility index (Phi) is 3.51. The first-order chi connectivity index (χ1) is 7.81. The van der Waals surface area contributed by atoms with Crippen LogP contribution in [0.1, 0.15) is 12.5 Å². The molecule has 0 spiro atoms. The van der Waals surface area contributed by atoms with Gasteiger partial charge in [0, 0.05) is 13.1 Å². The summed E-state index contributed by atoms with van der Waals surface area (Å²) in [6.45, 7) is 4.92. The van der Waals surface area contributed by atoms with Crippen LogP contribution in [-0.2, 0) is 0 Å². The number of rotatable bonds is 3. The van der Waals surface area contributed by atoms with Gasteiger partial charge in [0.1, 0.15) is 0 Å². The van der Waals surface area contributed by atoms with Crippen molar-refractivity contribution in [3.63, 3.8) is 0 Å². The fourth-order valence-electron chi connectivity index (χ4n) is 1.65. The van der Waals surface area contributed by atoms with Crippen molar-refractivity contribution in [2.75, 3.05) is 19.6 Å². The van der Waals surface area contributed by atoms with E-state index >= 15 is 0 Å². The SMILES string of the molecule is CCN1CCN(N=Cc2ccccc2)C1=S. The maximum atomic E-state index is 5.31. The topological polar surface area (TPSA) is 18.8 Å². The second-order valence-electron chi connectivity index (χ2n) is 3.64. The summed E-state index contributed by atoms with van der Waals surface area (Å²) in [5.41, 5.74) is 1.10. The van der Waals surface area contributed by atoms with Gasteiger partial charge in [-0.05, 0) is 24.7 Å². The molecule has 1 aliphatic rings. The minimum atomic E-state index is 0.828. The van der Waals surface area contributed by atoms with Gasteiger partial charge < -0.3 is 4.90 Å². The van der Waals surface area contributed by atoms with Gasteiger partial charge in [0.25, 0.3) is 0 Å². The molecule has 1 aromatic rings. The lowest BCUT2D eigenvalue weighted by Gasteiger charge is -2.15. The van der Waals surface area contributed by atoms with Gasteiger partial charge in [-0.25, -0.2) is 5.01 Å². The standard InChI is InChI=1S/C12H15N3S/c1-2-14-8-9-15(12(14)16)13-10-11-6-4-3-5-7-11/h3-7,10H,2,8-9H2,1H3. The highest BCUT2D eigenvalue weighted by Gasteiger charge is 2.22. The summed E-state index contributed by atoms with van der Waals surface area (Å²) in [5, 5.41) is 7.11. The van der Waals surface area contributed by atoms with Crippen molar-refractivity contribution in [3.05, 3.63) is 35.9 Å². The van der Waals surface area contributed by atoms with Crippen LogP contribution >= 0.6 is 12.2 Å². The molecule has 1 heterocycles. The number of nitrogens with zero attached hydrogens (tertiary/aromatic N) is 3. The molecule has 0 aromatic heterocycles. The third kappa shape index (κ3) is 2.39. The Balaban J connectivity index is 2.01. The molecule has 0 N–H and O–H groups in total. The molecule has 1 saturated heterocycles. The van der Waals surface area contributed by atoms with E-state index in [2.05, 4.69) is 16.9 Å². The molecule has 1 aromatic carbocycles. The van der Waals surface area contributed by atoms with E-state index in [9.17, 15) is 0 Å². The van der Waals surface area contributed by atoms with E-state index in [1.165, 1.54) is 0 Å². The van der Waals surface area contributed by atoms with Crippen LogP contribution < -0.4 is 0 Å². The zero-order chi connectivity index (χ0) is 11.4. The van der Waals surface area contributed by atoms with Crippen molar-refractivity contribution in [2.45, 2.75) is 6.92 Å². The Labute approximate surface area is 101 Å². The van der Waals surface area contributed by atoms with E-state index in [0.29, 0.717) is 0 Å². The van der Waals surface area contributed by atoms with Gasteiger partial charge in [0.15, 0.2) is 5.11 Å². The first-order valence-corrected chi connectivity index (χ1v) is 5.87. The van der Waals surface area contributed by atoms with Crippen LogP contribution in [0, 0.1) is 0 Å². The maximum absolute atomic E-state index is 5.31. The lowest BCUT2D eigenvalue weighted by molar-refractivity contribution is 0.489. The fourth-order valence-corrected chi connectivity index (χ4v) is 2.00. The van der Waals surface area contributed by atoms with Crippen LogP contribution in [0.4, 0.5) is 0 Å². The third-order valence-corrected chi connectivity index (χ3v) is 3.07.